The van der Waals surface area contributed by atoms with Crippen LogP contribution in [-0.4, -0.2) is 24.4 Å². The van der Waals surface area contributed by atoms with Gasteiger partial charge in [0.25, 0.3) is 0 Å². The second kappa shape index (κ2) is 5.48. The summed E-state index contributed by atoms with van der Waals surface area (Å²) in [7, 11) is 0. The van der Waals surface area contributed by atoms with Gasteiger partial charge in [0.15, 0.2) is 5.60 Å². The molecule has 92 valence electrons. The number of nitrogens with one attached hydrogen (secondary N) is 1. The molecule has 0 saturated carbocycles. The molecule has 0 aromatic heterocycles. The van der Waals surface area contributed by atoms with E-state index in [1.807, 2.05) is 0 Å². The van der Waals surface area contributed by atoms with Crippen LogP contribution in [0.5, 0.6) is 5.75 Å². The van der Waals surface area contributed by atoms with E-state index < -0.39 is 11.6 Å². The smallest absolute Gasteiger partial charge is 0.349 e. The number of carbonyl (C=O) groups is 1. The highest BCUT2D eigenvalue weighted by Gasteiger charge is 2.31. The molecular formula is C13H17NO3. The van der Waals surface area contributed by atoms with E-state index in [0.29, 0.717) is 12.4 Å². The Morgan fingerprint density at radius 3 is 2.41 bits per heavy atom. The summed E-state index contributed by atoms with van der Waals surface area (Å²) in [5, 5.41) is 7.08. The van der Waals surface area contributed by atoms with Gasteiger partial charge in [0.1, 0.15) is 5.75 Å². The van der Waals surface area contributed by atoms with E-state index in [1.54, 1.807) is 45.0 Å². The van der Waals surface area contributed by atoms with Gasteiger partial charge in [-0.1, -0.05) is 0 Å². The molecule has 4 heteroatoms. The lowest BCUT2D eigenvalue weighted by molar-refractivity contribution is -0.158. The standard InChI is InChI=1S/C13H17NO3/c1-4-16-12(15)13(2,3)17-11-7-5-10(9-14)6-8-11/h5-9,14H,4H2,1-3H3. The maximum absolute atomic E-state index is 11.6. The first-order valence-corrected chi connectivity index (χ1v) is 5.46. The van der Waals surface area contributed by atoms with Gasteiger partial charge in [-0.25, -0.2) is 4.79 Å². The average Bonchev–Trinajstić information content (AvgIpc) is 2.30. The summed E-state index contributed by atoms with van der Waals surface area (Å²) < 4.78 is 10.5. The fourth-order valence-corrected chi connectivity index (χ4v) is 1.27. The van der Waals surface area contributed by atoms with Crippen molar-refractivity contribution in [3.05, 3.63) is 29.8 Å². The van der Waals surface area contributed by atoms with Crippen LogP contribution in [0.3, 0.4) is 0 Å². The maximum Gasteiger partial charge on any atom is 0.349 e. The molecule has 0 atom stereocenters. The number of rotatable bonds is 5. The van der Waals surface area contributed by atoms with Crippen LogP contribution in [0, 0.1) is 5.41 Å². The Hall–Kier alpha value is -1.84. The van der Waals surface area contributed by atoms with Crippen molar-refractivity contribution < 1.29 is 14.3 Å². The Morgan fingerprint density at radius 1 is 1.35 bits per heavy atom. The molecule has 0 radical (unpaired) electrons. The van der Waals surface area contributed by atoms with Gasteiger partial charge in [-0.15, -0.1) is 0 Å². The first-order valence-electron chi connectivity index (χ1n) is 5.46. The van der Waals surface area contributed by atoms with Gasteiger partial charge in [0.05, 0.1) is 6.61 Å². The van der Waals surface area contributed by atoms with Gasteiger partial charge in [-0.05, 0) is 50.6 Å². The van der Waals surface area contributed by atoms with Gasteiger partial charge >= 0.3 is 5.97 Å². The Bertz CT molecular complexity index is 396. The van der Waals surface area contributed by atoms with Crippen molar-refractivity contribution in [3.8, 4) is 5.75 Å². The highest BCUT2D eigenvalue weighted by Crippen LogP contribution is 2.19. The lowest BCUT2D eigenvalue weighted by Gasteiger charge is -2.24. The normalized spacial score (nSPS) is 10.8. The van der Waals surface area contributed by atoms with E-state index in [0.717, 1.165) is 5.56 Å². The Kier molecular flexibility index (Phi) is 4.26. The molecule has 1 aromatic carbocycles. The third-order valence-corrected chi connectivity index (χ3v) is 2.19. The van der Waals surface area contributed by atoms with E-state index in [1.165, 1.54) is 6.21 Å². The number of carbonyl (C=O) groups excluding carboxylic acids is 1. The van der Waals surface area contributed by atoms with E-state index in [9.17, 15) is 4.79 Å². The molecule has 1 aromatic rings. The van der Waals surface area contributed by atoms with E-state index in [4.69, 9.17) is 14.9 Å². The summed E-state index contributed by atoms with van der Waals surface area (Å²) in [4.78, 5) is 11.6. The predicted molar refractivity (Wildman–Crippen MR) is 65.7 cm³/mol. The molecule has 0 unspecified atom stereocenters. The van der Waals surface area contributed by atoms with Crippen molar-refractivity contribution in [1.29, 1.82) is 5.41 Å². The highest BCUT2D eigenvalue weighted by molar-refractivity contribution is 5.79. The molecule has 0 bridgehead atoms. The summed E-state index contributed by atoms with van der Waals surface area (Å²) in [5.74, 6) is 0.185. The van der Waals surface area contributed by atoms with Gasteiger partial charge in [-0.2, -0.15) is 0 Å². The van der Waals surface area contributed by atoms with E-state index in [-0.39, 0.29) is 0 Å². The molecule has 0 aliphatic rings. The third kappa shape index (κ3) is 3.59. The SMILES string of the molecule is CCOC(=O)C(C)(C)Oc1ccc(C=N)cc1. The summed E-state index contributed by atoms with van der Waals surface area (Å²) in [6.45, 7) is 5.41. The van der Waals surface area contributed by atoms with Gasteiger partial charge in [0, 0.05) is 6.21 Å². The summed E-state index contributed by atoms with van der Waals surface area (Å²) in [6.07, 6.45) is 1.25. The monoisotopic (exact) mass is 235 g/mol. The second-order valence-corrected chi connectivity index (χ2v) is 4.05. The summed E-state index contributed by atoms with van der Waals surface area (Å²) >= 11 is 0. The van der Waals surface area contributed by atoms with Crippen molar-refractivity contribution in [3.63, 3.8) is 0 Å². The minimum Gasteiger partial charge on any atom is -0.476 e. The molecule has 1 rings (SSSR count). The van der Waals surface area contributed by atoms with Gasteiger partial charge < -0.3 is 14.9 Å². The molecule has 0 heterocycles. The first-order chi connectivity index (χ1) is 7.99. The molecule has 0 aliphatic heterocycles. The fourth-order valence-electron chi connectivity index (χ4n) is 1.27. The zero-order valence-electron chi connectivity index (χ0n) is 10.3. The quantitative estimate of drug-likeness (QED) is 0.629. The Labute approximate surface area is 101 Å². The maximum atomic E-state index is 11.6. The van der Waals surface area contributed by atoms with Crippen LogP contribution >= 0.6 is 0 Å². The van der Waals surface area contributed by atoms with Gasteiger partial charge in [-0.3, -0.25) is 0 Å². The third-order valence-electron chi connectivity index (χ3n) is 2.19. The largest absolute Gasteiger partial charge is 0.476 e. The number of benzene rings is 1. The van der Waals surface area contributed by atoms with Crippen molar-refractivity contribution >= 4 is 12.2 Å². The fraction of sp³-hybridized carbons (Fsp3) is 0.385. The predicted octanol–water partition coefficient (Wildman–Crippen LogP) is 2.40. The number of hydrogen-bond acceptors (Lipinski definition) is 4. The molecule has 0 saturated heterocycles. The van der Waals surface area contributed by atoms with Gasteiger partial charge in [0.2, 0.25) is 0 Å². The molecule has 0 amide bonds. The van der Waals surface area contributed by atoms with Crippen molar-refractivity contribution in [2.75, 3.05) is 6.61 Å². The average molecular weight is 235 g/mol. The van der Waals surface area contributed by atoms with E-state index in [2.05, 4.69) is 0 Å². The van der Waals surface area contributed by atoms with Crippen LogP contribution < -0.4 is 4.74 Å². The molecule has 0 fully saturated rings. The van der Waals surface area contributed by atoms with Crippen LogP contribution in [0.1, 0.15) is 26.3 Å². The molecule has 4 nitrogen and oxygen atoms in total. The minimum absolute atomic E-state index is 0.332. The topological polar surface area (TPSA) is 59.4 Å². The lowest BCUT2D eigenvalue weighted by Crippen LogP contribution is -2.39. The highest BCUT2D eigenvalue weighted by atomic mass is 16.6. The summed E-state index contributed by atoms with van der Waals surface area (Å²) in [6, 6.07) is 6.95. The number of ether oxygens (including phenoxy) is 2. The van der Waals surface area contributed by atoms with Crippen LogP contribution in [-0.2, 0) is 9.53 Å². The zero-order valence-corrected chi connectivity index (χ0v) is 10.3. The van der Waals surface area contributed by atoms with Crippen LogP contribution in [0.15, 0.2) is 24.3 Å². The van der Waals surface area contributed by atoms with Crippen LogP contribution in [0.4, 0.5) is 0 Å². The second-order valence-electron chi connectivity index (χ2n) is 4.05. The minimum atomic E-state index is -1.01. The Morgan fingerprint density at radius 2 is 1.94 bits per heavy atom. The molecule has 0 spiro atoms. The lowest BCUT2D eigenvalue weighted by atomic mass is 10.1. The molecular weight excluding hydrogens is 218 g/mol. The van der Waals surface area contributed by atoms with Crippen LogP contribution in [0.2, 0.25) is 0 Å². The summed E-state index contributed by atoms with van der Waals surface area (Å²) in [5.41, 5.74) is -0.228. The molecule has 17 heavy (non-hydrogen) atoms. The van der Waals surface area contributed by atoms with Crippen LogP contribution in [0.25, 0.3) is 0 Å². The van der Waals surface area contributed by atoms with Crippen molar-refractivity contribution in [2.45, 2.75) is 26.4 Å². The molecule has 0 aliphatic carbocycles. The van der Waals surface area contributed by atoms with E-state index >= 15 is 0 Å². The number of esters is 1. The molecule has 1 N–H and O–H groups in total. The zero-order chi connectivity index (χ0) is 12.9. The Balaban J connectivity index is 2.74. The first kappa shape index (κ1) is 13.2. The van der Waals surface area contributed by atoms with Crippen molar-refractivity contribution in [1.82, 2.24) is 0 Å². The van der Waals surface area contributed by atoms with Crippen molar-refractivity contribution in [2.24, 2.45) is 0 Å². The number of hydrogen-bond donors (Lipinski definition) is 1.